The molecular formula is C3H8O2Ru. The summed E-state index contributed by atoms with van der Waals surface area (Å²) in [5, 5.41) is 7.94. The minimum Gasteiger partial charge on any atom is -0.394 e. The van der Waals surface area contributed by atoms with Crippen LogP contribution in [0.1, 0.15) is 0 Å². The van der Waals surface area contributed by atoms with E-state index in [-0.39, 0.29) is 26.1 Å². The van der Waals surface area contributed by atoms with E-state index in [0.717, 1.165) is 0 Å². The van der Waals surface area contributed by atoms with Crippen LogP contribution in [0.5, 0.6) is 0 Å². The zero-order chi connectivity index (χ0) is 4.12. The number of hydrogen-bond acceptors (Lipinski definition) is 2. The fraction of sp³-hybridized carbons (Fsp3) is 1.00. The number of aliphatic hydroxyl groups excluding tert-OH is 1. The van der Waals surface area contributed by atoms with E-state index in [2.05, 4.69) is 4.74 Å². The fourth-order valence-electron chi connectivity index (χ4n) is 0.0913. The molecule has 2 nitrogen and oxygen atoms in total. The smallest absolute Gasteiger partial charge is 0.0693 e. The maximum absolute atomic E-state index is 7.94. The van der Waals surface area contributed by atoms with Gasteiger partial charge in [-0.15, -0.1) is 0 Å². The molecule has 0 aliphatic heterocycles. The number of ether oxygens (including phenoxy) is 1. The first-order valence-electron chi connectivity index (χ1n) is 1.51. The third kappa shape index (κ3) is 8.82. The first-order valence-corrected chi connectivity index (χ1v) is 1.51. The monoisotopic (exact) mass is 178 g/mol. The molecule has 6 heavy (non-hydrogen) atoms. The van der Waals surface area contributed by atoms with E-state index in [9.17, 15) is 0 Å². The van der Waals surface area contributed by atoms with Gasteiger partial charge in [0.15, 0.2) is 0 Å². The molecule has 0 unspecified atom stereocenters. The summed E-state index contributed by atoms with van der Waals surface area (Å²) in [4.78, 5) is 0. The normalized spacial score (nSPS) is 7.00. The Morgan fingerprint density at radius 2 is 2.17 bits per heavy atom. The Morgan fingerprint density at radius 1 is 1.67 bits per heavy atom. The van der Waals surface area contributed by atoms with Crippen molar-refractivity contribution >= 4 is 0 Å². The van der Waals surface area contributed by atoms with Gasteiger partial charge in [0.2, 0.25) is 0 Å². The third-order valence-corrected chi connectivity index (χ3v) is 0.295. The average Bonchev–Trinajstić information content (AvgIpc) is 1.41. The van der Waals surface area contributed by atoms with Crippen molar-refractivity contribution in [3.8, 4) is 0 Å². The minimum atomic E-state index is 0. The van der Waals surface area contributed by atoms with Crippen LogP contribution in [0.4, 0.5) is 0 Å². The molecule has 0 aromatic carbocycles. The van der Waals surface area contributed by atoms with Crippen LogP contribution in [0.15, 0.2) is 0 Å². The van der Waals surface area contributed by atoms with Gasteiger partial charge < -0.3 is 9.84 Å². The van der Waals surface area contributed by atoms with Crippen LogP contribution >= 0.6 is 0 Å². The van der Waals surface area contributed by atoms with Crippen LogP contribution in [-0.4, -0.2) is 25.4 Å². The Bertz CT molecular complexity index is 16.3. The maximum atomic E-state index is 7.94. The van der Waals surface area contributed by atoms with Gasteiger partial charge >= 0.3 is 0 Å². The summed E-state index contributed by atoms with van der Waals surface area (Å²) in [5.41, 5.74) is 0. The second kappa shape index (κ2) is 9.11. The average molecular weight is 177 g/mol. The number of rotatable bonds is 2. The number of aliphatic hydroxyl groups is 1. The van der Waals surface area contributed by atoms with Crippen molar-refractivity contribution in [3.63, 3.8) is 0 Å². The van der Waals surface area contributed by atoms with E-state index in [1.54, 1.807) is 7.11 Å². The zero-order valence-corrected chi connectivity index (χ0v) is 5.36. The van der Waals surface area contributed by atoms with Gasteiger partial charge in [-0.1, -0.05) is 0 Å². The molecule has 1 N–H and O–H groups in total. The zero-order valence-electron chi connectivity index (χ0n) is 3.62. The van der Waals surface area contributed by atoms with Gasteiger partial charge in [-0.05, 0) is 0 Å². The van der Waals surface area contributed by atoms with E-state index in [1.807, 2.05) is 0 Å². The van der Waals surface area contributed by atoms with Gasteiger partial charge in [0, 0.05) is 26.6 Å². The summed E-state index contributed by atoms with van der Waals surface area (Å²) in [6, 6.07) is 0. The van der Waals surface area contributed by atoms with Gasteiger partial charge in [-0.25, -0.2) is 0 Å². The molecule has 0 saturated carbocycles. The topological polar surface area (TPSA) is 29.5 Å². The van der Waals surface area contributed by atoms with Crippen LogP contribution in [0.3, 0.4) is 0 Å². The first kappa shape index (κ1) is 9.74. The van der Waals surface area contributed by atoms with Crippen molar-refractivity contribution in [1.82, 2.24) is 0 Å². The van der Waals surface area contributed by atoms with Gasteiger partial charge in [-0.2, -0.15) is 0 Å². The molecule has 0 rings (SSSR count). The van der Waals surface area contributed by atoms with Crippen molar-refractivity contribution in [2.24, 2.45) is 0 Å². The fourth-order valence-corrected chi connectivity index (χ4v) is 0.0913. The van der Waals surface area contributed by atoms with E-state index in [0.29, 0.717) is 6.61 Å². The summed E-state index contributed by atoms with van der Waals surface area (Å²) in [6.45, 7) is 0.566. The second-order valence-corrected chi connectivity index (χ2v) is 0.716. The molecule has 0 bridgehead atoms. The molecule has 0 aromatic rings. The molecule has 0 heterocycles. The molecule has 0 amide bonds. The second-order valence-electron chi connectivity index (χ2n) is 0.716. The van der Waals surface area contributed by atoms with Crippen LogP contribution in [0, 0.1) is 0 Å². The standard InChI is InChI=1S/C3H8O2.Ru/c1-5-3-2-4;/h4H,2-3H2,1H3;. The third-order valence-electron chi connectivity index (χ3n) is 0.295. The Morgan fingerprint density at radius 3 is 2.17 bits per heavy atom. The molecule has 40 valence electrons. The SMILES string of the molecule is COCCO.[Ru]. The van der Waals surface area contributed by atoms with Crippen molar-refractivity contribution in [1.29, 1.82) is 0 Å². The van der Waals surface area contributed by atoms with Gasteiger partial charge in [0.1, 0.15) is 0 Å². The molecule has 0 aliphatic rings. The largest absolute Gasteiger partial charge is 0.394 e. The van der Waals surface area contributed by atoms with Crippen LogP contribution in [-0.2, 0) is 24.2 Å². The Kier molecular flexibility index (Phi) is 14.8. The van der Waals surface area contributed by atoms with Gasteiger partial charge in [0.25, 0.3) is 0 Å². The summed E-state index contributed by atoms with van der Waals surface area (Å²) in [5.74, 6) is 0. The molecule has 0 spiro atoms. The Balaban J connectivity index is 0. The quantitative estimate of drug-likeness (QED) is 0.583. The van der Waals surface area contributed by atoms with E-state index in [4.69, 9.17) is 5.11 Å². The Labute approximate surface area is 50.3 Å². The van der Waals surface area contributed by atoms with Crippen molar-refractivity contribution < 1.29 is 29.3 Å². The number of hydrogen-bond donors (Lipinski definition) is 1. The molecule has 0 radical (unpaired) electrons. The van der Waals surface area contributed by atoms with Crippen molar-refractivity contribution in [3.05, 3.63) is 0 Å². The van der Waals surface area contributed by atoms with Crippen LogP contribution in [0.2, 0.25) is 0 Å². The van der Waals surface area contributed by atoms with E-state index in [1.165, 1.54) is 0 Å². The first-order chi connectivity index (χ1) is 2.41. The van der Waals surface area contributed by atoms with Gasteiger partial charge in [-0.3, -0.25) is 0 Å². The molecule has 0 atom stereocenters. The minimum absolute atomic E-state index is 0. The van der Waals surface area contributed by atoms with Gasteiger partial charge in [0.05, 0.1) is 13.2 Å². The van der Waals surface area contributed by atoms with Crippen molar-refractivity contribution in [2.45, 2.75) is 0 Å². The Hall–Kier alpha value is 0.543. The van der Waals surface area contributed by atoms with Crippen molar-refractivity contribution in [2.75, 3.05) is 20.3 Å². The number of methoxy groups -OCH3 is 1. The molecule has 3 heteroatoms. The summed E-state index contributed by atoms with van der Waals surface area (Å²) < 4.78 is 4.44. The summed E-state index contributed by atoms with van der Waals surface area (Å²) in [7, 11) is 1.55. The van der Waals surface area contributed by atoms with E-state index < -0.39 is 0 Å². The molecular weight excluding hydrogens is 169 g/mol. The summed E-state index contributed by atoms with van der Waals surface area (Å²) in [6.07, 6.45) is 0. The molecule has 0 saturated heterocycles. The van der Waals surface area contributed by atoms with E-state index >= 15 is 0 Å². The molecule has 0 aliphatic carbocycles. The molecule has 0 fully saturated rings. The molecule has 0 aromatic heterocycles. The maximum Gasteiger partial charge on any atom is 0.0693 e. The van der Waals surface area contributed by atoms with Crippen LogP contribution in [0.25, 0.3) is 0 Å². The predicted octanol–water partition coefficient (Wildman–Crippen LogP) is -0.377. The predicted molar refractivity (Wildman–Crippen MR) is 19.0 cm³/mol. The van der Waals surface area contributed by atoms with Crippen LogP contribution < -0.4 is 0 Å². The summed E-state index contributed by atoms with van der Waals surface area (Å²) >= 11 is 0.